The van der Waals surface area contributed by atoms with Gasteiger partial charge in [-0.2, -0.15) is 0 Å². The lowest BCUT2D eigenvalue weighted by molar-refractivity contribution is -0.111. The fourth-order valence-corrected chi connectivity index (χ4v) is 2.81. The van der Waals surface area contributed by atoms with Gasteiger partial charge in [-0.15, -0.1) is 0 Å². The largest absolute Gasteiger partial charge is 0.507 e. The van der Waals surface area contributed by atoms with Crippen molar-refractivity contribution in [1.29, 1.82) is 0 Å². The van der Waals surface area contributed by atoms with Gasteiger partial charge >= 0.3 is 5.97 Å². The van der Waals surface area contributed by atoms with Gasteiger partial charge in [0.2, 0.25) is 5.91 Å². The van der Waals surface area contributed by atoms with Crippen LogP contribution < -0.4 is 5.32 Å². The molecule has 8 heteroatoms. The number of halogens is 2. The Hall–Kier alpha value is -3.22. The molecule has 2 aromatic carbocycles. The van der Waals surface area contributed by atoms with E-state index in [1.54, 1.807) is 30.3 Å². The Labute approximate surface area is 169 Å². The first-order chi connectivity index (χ1) is 13.3. The molecule has 0 saturated heterocycles. The van der Waals surface area contributed by atoms with Crippen LogP contribution in [0.1, 0.15) is 16.1 Å². The number of furan rings is 1. The molecule has 6 nitrogen and oxygen atoms in total. The molecule has 3 N–H and O–H groups in total. The number of aromatic carboxylic acids is 1. The van der Waals surface area contributed by atoms with Gasteiger partial charge < -0.3 is 19.9 Å². The van der Waals surface area contributed by atoms with Gasteiger partial charge in [-0.3, -0.25) is 4.79 Å². The number of anilines is 1. The molecule has 3 aromatic rings. The fraction of sp³-hybridized carbons (Fsp3) is 0. The van der Waals surface area contributed by atoms with Crippen molar-refractivity contribution in [3.05, 3.63) is 76.0 Å². The smallest absolute Gasteiger partial charge is 0.339 e. The summed E-state index contributed by atoms with van der Waals surface area (Å²) in [6, 6.07) is 12.3. The molecule has 0 radical (unpaired) electrons. The Bertz CT molecular complexity index is 1090. The molecule has 142 valence electrons. The Morgan fingerprint density at radius 1 is 1.07 bits per heavy atom. The number of carboxylic acid groups (broad SMARTS) is 1. The number of hydrogen-bond donors (Lipinski definition) is 3. The van der Waals surface area contributed by atoms with E-state index in [9.17, 15) is 14.7 Å². The first-order valence-electron chi connectivity index (χ1n) is 7.95. The molecule has 1 aromatic heterocycles. The Morgan fingerprint density at radius 2 is 1.86 bits per heavy atom. The van der Waals surface area contributed by atoms with E-state index >= 15 is 0 Å². The maximum atomic E-state index is 12.0. The van der Waals surface area contributed by atoms with Crippen LogP contribution in [0.15, 0.2) is 59.0 Å². The molecule has 28 heavy (non-hydrogen) atoms. The average Bonchev–Trinajstić information content (AvgIpc) is 3.11. The third-order valence-corrected chi connectivity index (χ3v) is 4.56. The van der Waals surface area contributed by atoms with E-state index in [4.69, 9.17) is 32.7 Å². The third-order valence-electron chi connectivity index (χ3n) is 3.74. The second kappa shape index (κ2) is 8.21. The number of phenols is 1. The first-order valence-corrected chi connectivity index (χ1v) is 8.70. The third kappa shape index (κ3) is 4.36. The van der Waals surface area contributed by atoms with Crippen LogP contribution in [0.2, 0.25) is 10.0 Å². The van der Waals surface area contributed by atoms with Gasteiger partial charge in [0.25, 0.3) is 0 Å². The predicted octanol–water partition coefficient (Wildman–Crippen LogP) is 5.31. The van der Waals surface area contributed by atoms with Gasteiger partial charge in [0.15, 0.2) is 0 Å². The Kier molecular flexibility index (Phi) is 5.73. The highest BCUT2D eigenvalue weighted by molar-refractivity contribution is 6.43. The minimum absolute atomic E-state index is 0.253. The molecule has 0 aliphatic heterocycles. The van der Waals surface area contributed by atoms with Crippen LogP contribution in [0.3, 0.4) is 0 Å². The number of carbonyl (C=O) groups is 2. The highest BCUT2D eigenvalue weighted by atomic mass is 35.5. The van der Waals surface area contributed by atoms with E-state index in [2.05, 4.69) is 5.32 Å². The van der Waals surface area contributed by atoms with Crippen LogP contribution in [0, 0.1) is 0 Å². The lowest BCUT2D eigenvalue weighted by Gasteiger charge is -2.04. The van der Waals surface area contributed by atoms with Gasteiger partial charge in [-0.05, 0) is 42.5 Å². The van der Waals surface area contributed by atoms with Gasteiger partial charge in [0.1, 0.15) is 22.8 Å². The summed E-state index contributed by atoms with van der Waals surface area (Å²) < 4.78 is 5.65. The molecule has 0 unspecified atom stereocenters. The summed E-state index contributed by atoms with van der Waals surface area (Å²) in [6.45, 7) is 0. The molecule has 0 atom stereocenters. The first kappa shape index (κ1) is 19.5. The van der Waals surface area contributed by atoms with Gasteiger partial charge in [-0.25, -0.2) is 4.79 Å². The van der Waals surface area contributed by atoms with Crippen LogP contribution in [0.5, 0.6) is 5.75 Å². The topological polar surface area (TPSA) is 99.8 Å². The van der Waals surface area contributed by atoms with Crippen LogP contribution in [0.25, 0.3) is 17.4 Å². The summed E-state index contributed by atoms with van der Waals surface area (Å²) in [6.07, 6.45) is 2.70. The van der Waals surface area contributed by atoms with E-state index < -0.39 is 17.6 Å². The molecule has 1 heterocycles. The molecule has 3 rings (SSSR count). The van der Waals surface area contributed by atoms with Crippen molar-refractivity contribution in [2.75, 3.05) is 5.32 Å². The van der Waals surface area contributed by atoms with E-state index in [0.717, 1.165) is 6.07 Å². The number of carboxylic acids is 1. The van der Waals surface area contributed by atoms with Crippen LogP contribution in [-0.2, 0) is 4.79 Å². The monoisotopic (exact) mass is 417 g/mol. The second-order valence-corrected chi connectivity index (χ2v) is 6.45. The zero-order chi connectivity index (χ0) is 20.3. The molecule has 0 bridgehead atoms. The zero-order valence-corrected chi connectivity index (χ0v) is 15.7. The molecule has 0 fully saturated rings. The standard InChI is InChI=1S/C20H13Cl2NO5/c21-15-3-1-2-14(19(15)22)17-8-5-12(28-17)6-9-18(25)23-11-4-7-13(20(26)27)16(24)10-11/h1-10,24H,(H,23,25)(H,26,27)/b9-6+. The van der Waals surface area contributed by atoms with Crippen LogP contribution >= 0.6 is 23.2 Å². The number of rotatable bonds is 5. The Morgan fingerprint density at radius 3 is 2.57 bits per heavy atom. The van der Waals surface area contributed by atoms with Crippen LogP contribution in [0.4, 0.5) is 5.69 Å². The Balaban J connectivity index is 1.70. The lowest BCUT2D eigenvalue weighted by atomic mass is 10.2. The quantitative estimate of drug-likeness (QED) is 0.488. The summed E-state index contributed by atoms with van der Waals surface area (Å²) >= 11 is 12.2. The van der Waals surface area contributed by atoms with E-state index in [1.807, 2.05) is 0 Å². The highest BCUT2D eigenvalue weighted by Gasteiger charge is 2.11. The molecule has 0 saturated carbocycles. The summed E-state index contributed by atoms with van der Waals surface area (Å²) in [5.41, 5.74) is 0.631. The van der Waals surface area contributed by atoms with Crippen molar-refractivity contribution in [2.24, 2.45) is 0 Å². The van der Waals surface area contributed by atoms with Crippen molar-refractivity contribution in [1.82, 2.24) is 0 Å². The number of aromatic hydroxyl groups is 1. The molecular formula is C20H13Cl2NO5. The van der Waals surface area contributed by atoms with Crippen molar-refractivity contribution in [2.45, 2.75) is 0 Å². The SMILES string of the molecule is O=C(/C=C/c1ccc(-c2cccc(Cl)c2Cl)o1)Nc1ccc(C(=O)O)c(O)c1. The number of nitrogens with one attached hydrogen (secondary N) is 1. The highest BCUT2D eigenvalue weighted by Crippen LogP contribution is 2.34. The van der Waals surface area contributed by atoms with Gasteiger partial charge in [-0.1, -0.05) is 29.3 Å². The van der Waals surface area contributed by atoms with Crippen molar-refractivity contribution in [3.8, 4) is 17.1 Å². The maximum absolute atomic E-state index is 12.0. The molecular weight excluding hydrogens is 405 g/mol. The number of carbonyl (C=O) groups excluding carboxylic acids is 1. The van der Waals surface area contributed by atoms with E-state index in [1.165, 1.54) is 24.3 Å². The number of amides is 1. The number of hydrogen-bond acceptors (Lipinski definition) is 4. The fourth-order valence-electron chi connectivity index (χ4n) is 2.41. The van der Waals surface area contributed by atoms with Gasteiger partial charge in [0, 0.05) is 23.4 Å². The molecule has 0 aliphatic rings. The molecule has 1 amide bonds. The van der Waals surface area contributed by atoms with Crippen molar-refractivity contribution < 1.29 is 24.2 Å². The second-order valence-electron chi connectivity index (χ2n) is 5.66. The van der Waals surface area contributed by atoms with Crippen LogP contribution in [-0.4, -0.2) is 22.1 Å². The predicted molar refractivity (Wildman–Crippen MR) is 107 cm³/mol. The minimum Gasteiger partial charge on any atom is -0.507 e. The van der Waals surface area contributed by atoms with Crippen molar-refractivity contribution >= 4 is 46.8 Å². The summed E-state index contributed by atoms with van der Waals surface area (Å²) in [4.78, 5) is 22.9. The average molecular weight is 418 g/mol. The maximum Gasteiger partial charge on any atom is 0.339 e. The van der Waals surface area contributed by atoms with Gasteiger partial charge in [0.05, 0.1) is 10.0 Å². The number of benzene rings is 2. The summed E-state index contributed by atoms with van der Waals surface area (Å²) in [5, 5.41) is 21.8. The lowest BCUT2D eigenvalue weighted by Crippen LogP contribution is -2.08. The van der Waals surface area contributed by atoms with E-state index in [-0.39, 0.29) is 11.3 Å². The zero-order valence-electron chi connectivity index (χ0n) is 14.1. The van der Waals surface area contributed by atoms with Crippen molar-refractivity contribution in [3.63, 3.8) is 0 Å². The van der Waals surface area contributed by atoms with E-state index in [0.29, 0.717) is 27.1 Å². The summed E-state index contributed by atoms with van der Waals surface area (Å²) in [7, 11) is 0. The molecule has 0 spiro atoms. The summed E-state index contributed by atoms with van der Waals surface area (Å²) in [5.74, 6) is -1.26. The normalized spacial score (nSPS) is 10.9. The molecule has 0 aliphatic carbocycles. The minimum atomic E-state index is -1.26.